The first-order valence-corrected chi connectivity index (χ1v) is 8.21. The van der Waals surface area contributed by atoms with Gasteiger partial charge in [0.15, 0.2) is 6.61 Å². The summed E-state index contributed by atoms with van der Waals surface area (Å²) in [6.45, 7) is -0.457. The summed E-state index contributed by atoms with van der Waals surface area (Å²) in [7, 11) is 0. The van der Waals surface area contributed by atoms with Crippen LogP contribution in [0.4, 0.5) is 5.69 Å². The SMILES string of the molecule is O=C(COC(=O)Cc1ccc(Cl)cc1)Nc1c(Cl)cc(Cl)cc1Cl. The zero-order valence-electron chi connectivity index (χ0n) is 12.1. The molecule has 0 saturated carbocycles. The Balaban J connectivity index is 1.87. The van der Waals surface area contributed by atoms with Crippen molar-refractivity contribution in [2.75, 3.05) is 11.9 Å². The second-order valence-electron chi connectivity index (χ2n) is 4.76. The summed E-state index contributed by atoms with van der Waals surface area (Å²) in [6.07, 6.45) is 0.0346. The highest BCUT2D eigenvalue weighted by Gasteiger charge is 2.13. The molecular formula is C16H11Cl4NO3. The highest BCUT2D eigenvalue weighted by molar-refractivity contribution is 6.42. The fourth-order valence-corrected chi connectivity index (χ4v) is 2.84. The molecule has 126 valence electrons. The van der Waals surface area contributed by atoms with E-state index in [9.17, 15) is 9.59 Å². The van der Waals surface area contributed by atoms with Crippen LogP contribution < -0.4 is 5.32 Å². The van der Waals surface area contributed by atoms with Crippen molar-refractivity contribution < 1.29 is 14.3 Å². The number of hydrogen-bond donors (Lipinski definition) is 1. The zero-order chi connectivity index (χ0) is 17.7. The molecule has 0 atom stereocenters. The van der Waals surface area contributed by atoms with Crippen LogP contribution in [0, 0.1) is 0 Å². The number of amides is 1. The molecular weight excluding hydrogens is 396 g/mol. The van der Waals surface area contributed by atoms with Gasteiger partial charge in [0.25, 0.3) is 5.91 Å². The first kappa shape index (κ1) is 18.9. The number of nitrogens with one attached hydrogen (secondary N) is 1. The number of anilines is 1. The van der Waals surface area contributed by atoms with Gasteiger partial charge in [0.1, 0.15) is 0 Å². The van der Waals surface area contributed by atoms with E-state index in [0.717, 1.165) is 5.56 Å². The van der Waals surface area contributed by atoms with E-state index in [1.807, 2.05) is 0 Å². The molecule has 0 radical (unpaired) electrons. The highest BCUT2D eigenvalue weighted by Crippen LogP contribution is 2.33. The average molecular weight is 407 g/mol. The second kappa shape index (κ2) is 8.58. The van der Waals surface area contributed by atoms with Gasteiger partial charge in [0.2, 0.25) is 0 Å². The van der Waals surface area contributed by atoms with Crippen molar-refractivity contribution in [3.63, 3.8) is 0 Å². The molecule has 1 N–H and O–H groups in total. The van der Waals surface area contributed by atoms with Gasteiger partial charge in [0.05, 0.1) is 22.2 Å². The smallest absolute Gasteiger partial charge is 0.310 e. The molecule has 4 nitrogen and oxygen atoms in total. The second-order valence-corrected chi connectivity index (χ2v) is 6.44. The number of esters is 1. The molecule has 2 rings (SSSR count). The third-order valence-corrected chi connectivity index (χ3v) is 3.96. The molecule has 1 amide bonds. The Bertz CT molecular complexity index is 739. The topological polar surface area (TPSA) is 55.4 Å². The Kier molecular flexibility index (Phi) is 6.75. The van der Waals surface area contributed by atoms with Crippen molar-refractivity contribution in [1.29, 1.82) is 0 Å². The minimum absolute atomic E-state index is 0.0346. The van der Waals surface area contributed by atoms with Gasteiger partial charge in [-0.15, -0.1) is 0 Å². The summed E-state index contributed by atoms with van der Waals surface area (Å²) in [5, 5.41) is 3.77. The molecule has 0 bridgehead atoms. The van der Waals surface area contributed by atoms with Gasteiger partial charge >= 0.3 is 5.97 Å². The fraction of sp³-hybridized carbons (Fsp3) is 0.125. The molecule has 2 aromatic carbocycles. The van der Waals surface area contributed by atoms with Crippen LogP contribution in [-0.4, -0.2) is 18.5 Å². The highest BCUT2D eigenvalue weighted by atomic mass is 35.5. The Labute approximate surface area is 158 Å². The van der Waals surface area contributed by atoms with Gasteiger partial charge in [-0.25, -0.2) is 0 Å². The van der Waals surface area contributed by atoms with Crippen LogP contribution in [0.3, 0.4) is 0 Å². The van der Waals surface area contributed by atoms with Crippen molar-refractivity contribution in [2.45, 2.75) is 6.42 Å². The number of carbonyl (C=O) groups is 2. The van der Waals surface area contributed by atoms with Gasteiger partial charge in [-0.3, -0.25) is 9.59 Å². The number of carbonyl (C=O) groups excluding carboxylic acids is 2. The van der Waals surface area contributed by atoms with Crippen LogP contribution in [0.1, 0.15) is 5.56 Å². The molecule has 0 fully saturated rings. The van der Waals surface area contributed by atoms with Crippen LogP contribution in [-0.2, 0) is 20.7 Å². The third-order valence-electron chi connectivity index (χ3n) is 2.90. The number of benzene rings is 2. The number of ether oxygens (including phenoxy) is 1. The third kappa shape index (κ3) is 5.56. The molecule has 0 aromatic heterocycles. The molecule has 8 heteroatoms. The maximum Gasteiger partial charge on any atom is 0.310 e. The van der Waals surface area contributed by atoms with Gasteiger partial charge < -0.3 is 10.1 Å². The van der Waals surface area contributed by atoms with Crippen molar-refractivity contribution in [2.24, 2.45) is 0 Å². The van der Waals surface area contributed by atoms with Crippen LogP contribution in [0.15, 0.2) is 36.4 Å². The van der Waals surface area contributed by atoms with Gasteiger partial charge in [-0.05, 0) is 29.8 Å². The summed E-state index contributed by atoms with van der Waals surface area (Å²) in [6, 6.07) is 9.63. The number of rotatable bonds is 5. The van der Waals surface area contributed by atoms with E-state index in [1.54, 1.807) is 24.3 Å². The summed E-state index contributed by atoms with van der Waals surface area (Å²) < 4.78 is 4.92. The first-order chi connectivity index (χ1) is 11.3. The largest absolute Gasteiger partial charge is 0.455 e. The van der Waals surface area contributed by atoms with Crippen LogP contribution >= 0.6 is 46.4 Å². The van der Waals surface area contributed by atoms with E-state index in [4.69, 9.17) is 51.1 Å². The lowest BCUT2D eigenvalue weighted by Crippen LogP contribution is -2.22. The van der Waals surface area contributed by atoms with Crippen LogP contribution in [0.2, 0.25) is 20.1 Å². The van der Waals surface area contributed by atoms with Crippen molar-refractivity contribution in [3.8, 4) is 0 Å². The lowest BCUT2D eigenvalue weighted by atomic mass is 10.1. The van der Waals surface area contributed by atoms with Crippen molar-refractivity contribution in [3.05, 3.63) is 62.1 Å². The lowest BCUT2D eigenvalue weighted by molar-refractivity contribution is -0.146. The maximum atomic E-state index is 11.8. The minimum atomic E-state index is -0.564. The zero-order valence-corrected chi connectivity index (χ0v) is 15.1. The minimum Gasteiger partial charge on any atom is -0.455 e. The summed E-state index contributed by atoms with van der Waals surface area (Å²) in [5.41, 5.74) is 0.940. The Morgan fingerprint density at radius 3 is 2.08 bits per heavy atom. The summed E-state index contributed by atoms with van der Waals surface area (Å²) >= 11 is 23.5. The average Bonchev–Trinajstić information content (AvgIpc) is 2.51. The molecule has 24 heavy (non-hydrogen) atoms. The standard InChI is InChI=1S/C16H11Cl4NO3/c17-10-3-1-9(2-4-10)5-15(23)24-8-14(22)21-16-12(19)6-11(18)7-13(16)20/h1-4,6-7H,5,8H2,(H,21,22). The monoisotopic (exact) mass is 405 g/mol. The summed E-state index contributed by atoms with van der Waals surface area (Å²) in [4.78, 5) is 23.6. The number of hydrogen-bond acceptors (Lipinski definition) is 3. The van der Waals surface area contributed by atoms with Gasteiger partial charge in [0, 0.05) is 10.0 Å². The molecule has 0 heterocycles. The maximum absolute atomic E-state index is 11.8. The van der Waals surface area contributed by atoms with E-state index in [-0.39, 0.29) is 22.2 Å². The first-order valence-electron chi connectivity index (χ1n) is 6.69. The molecule has 2 aromatic rings. The quantitative estimate of drug-likeness (QED) is 0.708. The fourth-order valence-electron chi connectivity index (χ4n) is 1.80. The molecule has 0 saturated heterocycles. The van der Waals surface area contributed by atoms with Crippen molar-refractivity contribution >= 4 is 64.0 Å². The normalized spacial score (nSPS) is 10.3. The molecule has 0 aliphatic heterocycles. The number of halogens is 4. The molecule has 0 aliphatic rings. The van der Waals surface area contributed by atoms with Gasteiger partial charge in [-0.2, -0.15) is 0 Å². The Morgan fingerprint density at radius 1 is 0.917 bits per heavy atom. The molecule has 0 unspecified atom stereocenters. The van der Waals surface area contributed by atoms with E-state index in [0.29, 0.717) is 10.0 Å². The van der Waals surface area contributed by atoms with Crippen LogP contribution in [0.5, 0.6) is 0 Å². The van der Waals surface area contributed by atoms with Crippen molar-refractivity contribution in [1.82, 2.24) is 0 Å². The predicted octanol–water partition coefficient (Wildman–Crippen LogP) is 5.02. The van der Waals surface area contributed by atoms with Gasteiger partial charge in [-0.1, -0.05) is 58.5 Å². The van der Waals surface area contributed by atoms with Crippen LogP contribution in [0.25, 0.3) is 0 Å². The van der Waals surface area contributed by atoms with E-state index in [1.165, 1.54) is 12.1 Å². The lowest BCUT2D eigenvalue weighted by Gasteiger charge is -2.10. The van der Waals surface area contributed by atoms with E-state index >= 15 is 0 Å². The Hall–Kier alpha value is -1.46. The predicted molar refractivity (Wildman–Crippen MR) is 96.2 cm³/mol. The van der Waals surface area contributed by atoms with E-state index in [2.05, 4.69) is 5.32 Å². The van der Waals surface area contributed by atoms with E-state index < -0.39 is 18.5 Å². The molecule has 0 spiro atoms. The molecule has 0 aliphatic carbocycles. The Morgan fingerprint density at radius 2 is 1.50 bits per heavy atom. The summed E-state index contributed by atoms with van der Waals surface area (Å²) in [5.74, 6) is -1.11.